The van der Waals surface area contributed by atoms with Crippen LogP contribution in [0.25, 0.3) is 10.4 Å². The van der Waals surface area contributed by atoms with Gasteiger partial charge in [0.05, 0.1) is 6.07 Å². The number of nitrogens with zero attached hydrogens (tertiary/aromatic N) is 4. The van der Waals surface area contributed by atoms with Gasteiger partial charge in [0.1, 0.15) is 11.9 Å². The van der Waals surface area contributed by atoms with E-state index in [0.717, 1.165) is 0 Å². The number of hydrogen-bond donors (Lipinski definition) is 1. The number of rotatable bonds is 5. The van der Waals surface area contributed by atoms with E-state index in [1.165, 1.54) is 18.2 Å². The SMILES string of the molecule is N#CC(NCCN=[N+]=[N-])c1cc(F)cc(Cl)c1. The molecule has 0 aliphatic heterocycles. The largest absolute Gasteiger partial charge is 0.298 e. The maximum absolute atomic E-state index is 13.1. The van der Waals surface area contributed by atoms with Gasteiger partial charge in [-0.2, -0.15) is 5.26 Å². The highest BCUT2D eigenvalue weighted by molar-refractivity contribution is 6.30. The van der Waals surface area contributed by atoms with Crippen molar-refractivity contribution in [2.75, 3.05) is 13.1 Å². The molecule has 5 nitrogen and oxygen atoms in total. The molecule has 0 radical (unpaired) electrons. The average molecular weight is 254 g/mol. The predicted molar refractivity (Wildman–Crippen MR) is 61.8 cm³/mol. The minimum absolute atomic E-state index is 0.220. The molecule has 7 heteroatoms. The first-order valence-electron chi connectivity index (χ1n) is 4.77. The second kappa shape index (κ2) is 6.71. The average Bonchev–Trinajstić information content (AvgIpc) is 2.28. The van der Waals surface area contributed by atoms with Crippen molar-refractivity contribution in [3.8, 4) is 6.07 Å². The molecule has 1 atom stereocenters. The molecule has 0 aromatic heterocycles. The summed E-state index contributed by atoms with van der Waals surface area (Å²) in [6.07, 6.45) is 0. The van der Waals surface area contributed by atoms with Crippen molar-refractivity contribution in [3.63, 3.8) is 0 Å². The van der Waals surface area contributed by atoms with Gasteiger partial charge in [-0.3, -0.25) is 5.32 Å². The van der Waals surface area contributed by atoms with Crippen molar-refractivity contribution in [2.24, 2.45) is 5.11 Å². The molecule has 0 heterocycles. The van der Waals surface area contributed by atoms with E-state index in [2.05, 4.69) is 15.3 Å². The Labute approximate surface area is 102 Å². The Morgan fingerprint density at radius 3 is 2.94 bits per heavy atom. The van der Waals surface area contributed by atoms with Crippen molar-refractivity contribution < 1.29 is 4.39 Å². The van der Waals surface area contributed by atoms with Crippen LogP contribution in [0.1, 0.15) is 11.6 Å². The van der Waals surface area contributed by atoms with Crippen molar-refractivity contribution in [1.82, 2.24) is 5.32 Å². The van der Waals surface area contributed by atoms with Crippen LogP contribution in [0, 0.1) is 17.1 Å². The minimum atomic E-state index is -0.683. The fraction of sp³-hybridized carbons (Fsp3) is 0.300. The predicted octanol–water partition coefficient (Wildman–Crippen LogP) is 2.94. The second-order valence-corrected chi connectivity index (χ2v) is 3.61. The van der Waals surface area contributed by atoms with Crippen molar-refractivity contribution >= 4 is 11.6 Å². The van der Waals surface area contributed by atoms with E-state index in [-0.39, 0.29) is 11.6 Å². The van der Waals surface area contributed by atoms with E-state index in [9.17, 15) is 4.39 Å². The summed E-state index contributed by atoms with van der Waals surface area (Å²) in [4.78, 5) is 2.58. The molecule has 17 heavy (non-hydrogen) atoms. The van der Waals surface area contributed by atoms with Gasteiger partial charge in [0.25, 0.3) is 0 Å². The first kappa shape index (κ1) is 13.3. The van der Waals surface area contributed by atoms with Gasteiger partial charge in [-0.15, -0.1) is 0 Å². The molecule has 0 saturated carbocycles. The Balaban J connectivity index is 2.73. The summed E-state index contributed by atoms with van der Waals surface area (Å²) in [5, 5.41) is 15.3. The molecule has 1 N–H and O–H groups in total. The number of benzene rings is 1. The van der Waals surface area contributed by atoms with Gasteiger partial charge in [-0.1, -0.05) is 16.7 Å². The summed E-state index contributed by atoms with van der Waals surface area (Å²) in [5.41, 5.74) is 8.52. The fourth-order valence-electron chi connectivity index (χ4n) is 1.28. The Kier molecular flexibility index (Phi) is 5.24. The standard InChI is InChI=1S/C10H9ClFN5/c11-8-3-7(4-9(12)5-8)10(6-13)15-1-2-16-17-14/h3-5,10,15H,1-2H2. The molecule has 1 unspecified atom stereocenters. The molecule has 1 aromatic rings. The van der Waals surface area contributed by atoms with Crippen LogP contribution >= 0.6 is 11.6 Å². The van der Waals surface area contributed by atoms with Crippen LogP contribution < -0.4 is 5.32 Å². The normalized spacial score (nSPS) is 11.4. The number of azide groups is 1. The highest BCUT2D eigenvalue weighted by atomic mass is 35.5. The number of nitrogens with one attached hydrogen (secondary N) is 1. The lowest BCUT2D eigenvalue weighted by atomic mass is 10.1. The van der Waals surface area contributed by atoms with Gasteiger partial charge in [0.2, 0.25) is 0 Å². The monoisotopic (exact) mass is 253 g/mol. The van der Waals surface area contributed by atoms with Crippen molar-refractivity contribution in [1.29, 1.82) is 5.26 Å². The van der Waals surface area contributed by atoms with E-state index >= 15 is 0 Å². The third kappa shape index (κ3) is 4.29. The van der Waals surface area contributed by atoms with Crippen LogP contribution in [-0.4, -0.2) is 13.1 Å². The van der Waals surface area contributed by atoms with Crippen LogP contribution in [0.2, 0.25) is 5.02 Å². The van der Waals surface area contributed by atoms with Crippen molar-refractivity contribution in [2.45, 2.75) is 6.04 Å². The second-order valence-electron chi connectivity index (χ2n) is 3.17. The summed E-state index contributed by atoms with van der Waals surface area (Å²) in [6, 6.07) is 5.21. The summed E-state index contributed by atoms with van der Waals surface area (Å²) >= 11 is 5.69. The quantitative estimate of drug-likeness (QED) is 0.379. The van der Waals surface area contributed by atoms with Gasteiger partial charge in [0.15, 0.2) is 0 Å². The molecule has 1 aromatic carbocycles. The summed E-state index contributed by atoms with van der Waals surface area (Å²) < 4.78 is 13.1. The summed E-state index contributed by atoms with van der Waals surface area (Å²) in [6.45, 7) is 0.550. The number of halogens is 2. The molecular weight excluding hydrogens is 245 g/mol. The molecule has 0 aliphatic carbocycles. The van der Waals surface area contributed by atoms with Crippen molar-refractivity contribution in [3.05, 3.63) is 45.0 Å². The molecule has 0 bridgehead atoms. The molecule has 1 rings (SSSR count). The van der Waals surface area contributed by atoms with E-state index in [0.29, 0.717) is 12.1 Å². The van der Waals surface area contributed by atoms with Gasteiger partial charge in [0, 0.05) is 23.0 Å². The first-order chi connectivity index (χ1) is 8.17. The minimum Gasteiger partial charge on any atom is -0.298 e. The lowest BCUT2D eigenvalue weighted by Crippen LogP contribution is -2.22. The Morgan fingerprint density at radius 1 is 1.59 bits per heavy atom. The zero-order valence-corrected chi connectivity index (χ0v) is 9.52. The summed E-state index contributed by atoms with van der Waals surface area (Å²) in [7, 11) is 0. The number of nitriles is 1. The zero-order chi connectivity index (χ0) is 12.7. The third-order valence-electron chi connectivity index (χ3n) is 1.97. The molecule has 0 aliphatic rings. The van der Waals surface area contributed by atoms with Crippen LogP contribution in [0.3, 0.4) is 0 Å². The highest BCUT2D eigenvalue weighted by Crippen LogP contribution is 2.19. The molecule has 0 amide bonds. The lowest BCUT2D eigenvalue weighted by Gasteiger charge is -2.11. The highest BCUT2D eigenvalue weighted by Gasteiger charge is 2.11. The van der Waals surface area contributed by atoms with Gasteiger partial charge in [-0.05, 0) is 29.3 Å². The first-order valence-corrected chi connectivity index (χ1v) is 5.15. The van der Waals surface area contributed by atoms with Crippen LogP contribution in [0.5, 0.6) is 0 Å². The van der Waals surface area contributed by atoms with E-state index in [1.54, 1.807) is 0 Å². The van der Waals surface area contributed by atoms with Gasteiger partial charge < -0.3 is 0 Å². The molecule has 88 valence electrons. The van der Waals surface area contributed by atoms with E-state index in [1.807, 2.05) is 6.07 Å². The van der Waals surface area contributed by atoms with Crippen LogP contribution in [0.4, 0.5) is 4.39 Å². The van der Waals surface area contributed by atoms with E-state index in [4.69, 9.17) is 22.4 Å². The van der Waals surface area contributed by atoms with Gasteiger partial charge in [-0.25, -0.2) is 4.39 Å². The van der Waals surface area contributed by atoms with Crippen LogP contribution in [-0.2, 0) is 0 Å². The smallest absolute Gasteiger partial charge is 0.125 e. The molecule has 0 fully saturated rings. The maximum Gasteiger partial charge on any atom is 0.125 e. The fourth-order valence-corrected chi connectivity index (χ4v) is 1.51. The van der Waals surface area contributed by atoms with E-state index < -0.39 is 11.9 Å². The molecule has 0 saturated heterocycles. The Bertz CT molecular complexity index is 458. The number of hydrogen-bond acceptors (Lipinski definition) is 3. The Hall–Kier alpha value is -1.80. The molecule has 0 spiro atoms. The van der Waals surface area contributed by atoms with Gasteiger partial charge >= 0.3 is 0 Å². The maximum atomic E-state index is 13.1. The topological polar surface area (TPSA) is 84.6 Å². The Morgan fingerprint density at radius 2 is 2.35 bits per heavy atom. The molecular formula is C10H9ClFN5. The summed E-state index contributed by atoms with van der Waals surface area (Å²) in [5.74, 6) is -0.496. The zero-order valence-electron chi connectivity index (χ0n) is 8.77. The lowest BCUT2D eigenvalue weighted by molar-refractivity contribution is 0.607. The third-order valence-corrected chi connectivity index (χ3v) is 2.19. The van der Waals surface area contributed by atoms with Crippen LogP contribution in [0.15, 0.2) is 23.3 Å².